The van der Waals surface area contributed by atoms with Crippen molar-refractivity contribution in [3.8, 4) is 0 Å². The Labute approximate surface area is 114 Å². The second kappa shape index (κ2) is 5.41. The number of anilines is 1. The molecule has 2 rings (SSSR count). The smallest absolute Gasteiger partial charge is 0.272 e. The van der Waals surface area contributed by atoms with E-state index in [2.05, 4.69) is 10.2 Å². The molecular formula is C11H13ClN4OS. The molecule has 1 amide bonds. The highest BCUT2D eigenvalue weighted by molar-refractivity contribution is 7.16. The van der Waals surface area contributed by atoms with Gasteiger partial charge in [0, 0.05) is 17.5 Å². The molecule has 0 spiro atoms. The fraction of sp³-hybridized carbons (Fsp3) is 0.273. The molecule has 0 saturated heterocycles. The fourth-order valence-corrected chi connectivity index (χ4v) is 2.67. The Bertz CT molecular complexity index is 551. The number of thiophene rings is 1. The van der Waals surface area contributed by atoms with Gasteiger partial charge in [0.05, 0.1) is 10.9 Å². The van der Waals surface area contributed by atoms with Gasteiger partial charge >= 0.3 is 0 Å². The molecule has 0 saturated carbocycles. The zero-order valence-corrected chi connectivity index (χ0v) is 11.4. The number of nitrogens with one attached hydrogen (secondary N) is 1. The molecule has 0 unspecified atom stereocenters. The molecule has 0 aliphatic rings. The molecule has 2 heterocycles. The Kier molecular flexibility index (Phi) is 3.88. The number of nitrogens with two attached hydrogens (primary N) is 1. The predicted octanol–water partition coefficient (Wildman–Crippen LogP) is 2.37. The molecule has 96 valence electrons. The molecule has 0 aromatic carbocycles. The average molecular weight is 285 g/mol. The van der Waals surface area contributed by atoms with E-state index < -0.39 is 0 Å². The highest BCUT2D eigenvalue weighted by Gasteiger charge is 2.17. The molecular weight excluding hydrogens is 272 g/mol. The first-order valence-electron chi connectivity index (χ1n) is 5.44. The van der Waals surface area contributed by atoms with Gasteiger partial charge in [-0.1, -0.05) is 11.6 Å². The normalized spacial score (nSPS) is 10.6. The molecule has 0 aliphatic carbocycles. The zero-order valence-electron chi connectivity index (χ0n) is 9.81. The minimum absolute atomic E-state index is 0.119. The van der Waals surface area contributed by atoms with Gasteiger partial charge in [-0.15, -0.1) is 11.3 Å². The Morgan fingerprint density at radius 1 is 1.61 bits per heavy atom. The van der Waals surface area contributed by atoms with Crippen molar-refractivity contribution in [1.29, 1.82) is 0 Å². The fourth-order valence-electron chi connectivity index (χ4n) is 1.57. The number of amides is 1. The lowest BCUT2D eigenvalue weighted by molar-refractivity contribution is 0.0748. The number of nitrogens with zero attached hydrogens (tertiary/aromatic N) is 2. The Hall–Kier alpha value is -1.53. The summed E-state index contributed by atoms with van der Waals surface area (Å²) in [4.78, 5) is 14.9. The van der Waals surface area contributed by atoms with E-state index >= 15 is 0 Å². The maximum Gasteiger partial charge on any atom is 0.272 e. The molecule has 3 N–H and O–H groups in total. The molecule has 2 aromatic heterocycles. The molecule has 2 aromatic rings. The van der Waals surface area contributed by atoms with Gasteiger partial charge in [0.2, 0.25) is 0 Å². The summed E-state index contributed by atoms with van der Waals surface area (Å²) in [5, 5.41) is 6.37. The van der Waals surface area contributed by atoms with Crippen molar-refractivity contribution in [2.24, 2.45) is 0 Å². The summed E-state index contributed by atoms with van der Waals surface area (Å²) < 4.78 is 0.722. The van der Waals surface area contributed by atoms with Crippen LogP contribution < -0.4 is 5.73 Å². The summed E-state index contributed by atoms with van der Waals surface area (Å²) in [5.74, 6) is 0.194. The van der Waals surface area contributed by atoms with Crippen LogP contribution in [0.25, 0.3) is 0 Å². The zero-order chi connectivity index (χ0) is 13.1. The third-order valence-corrected chi connectivity index (χ3v) is 3.69. The van der Waals surface area contributed by atoms with E-state index in [1.807, 2.05) is 19.1 Å². The van der Waals surface area contributed by atoms with E-state index in [0.29, 0.717) is 24.6 Å². The highest BCUT2D eigenvalue weighted by Crippen LogP contribution is 2.23. The van der Waals surface area contributed by atoms with Crippen LogP contribution in [0.5, 0.6) is 0 Å². The number of rotatable bonds is 4. The van der Waals surface area contributed by atoms with Crippen molar-refractivity contribution >= 4 is 34.7 Å². The van der Waals surface area contributed by atoms with Crippen LogP contribution in [0.1, 0.15) is 22.3 Å². The third-order valence-electron chi connectivity index (χ3n) is 2.47. The number of hydrogen-bond donors (Lipinski definition) is 2. The number of carbonyl (C=O) groups is 1. The summed E-state index contributed by atoms with van der Waals surface area (Å²) in [7, 11) is 0. The van der Waals surface area contributed by atoms with Gasteiger partial charge in [0.25, 0.3) is 5.91 Å². The largest absolute Gasteiger partial charge is 0.382 e. The lowest BCUT2D eigenvalue weighted by Crippen LogP contribution is -2.30. The van der Waals surface area contributed by atoms with E-state index in [9.17, 15) is 4.79 Å². The number of H-pyrrole nitrogens is 1. The quantitative estimate of drug-likeness (QED) is 0.905. The van der Waals surface area contributed by atoms with Crippen LogP contribution in [0.4, 0.5) is 5.82 Å². The van der Waals surface area contributed by atoms with Crippen molar-refractivity contribution in [2.75, 3.05) is 12.3 Å². The number of hydrogen-bond acceptors (Lipinski definition) is 4. The lowest BCUT2D eigenvalue weighted by atomic mass is 10.3. The van der Waals surface area contributed by atoms with Gasteiger partial charge in [-0.25, -0.2) is 0 Å². The predicted molar refractivity (Wildman–Crippen MR) is 72.7 cm³/mol. The third kappa shape index (κ3) is 2.83. The first-order valence-corrected chi connectivity index (χ1v) is 6.64. The molecule has 5 nitrogen and oxygen atoms in total. The number of halogens is 1. The van der Waals surface area contributed by atoms with Crippen molar-refractivity contribution in [3.63, 3.8) is 0 Å². The molecule has 0 radical (unpaired) electrons. The second-order valence-corrected chi connectivity index (χ2v) is 5.53. The first kappa shape index (κ1) is 12.9. The summed E-state index contributed by atoms with van der Waals surface area (Å²) in [5.41, 5.74) is 5.89. The standard InChI is InChI=1S/C11H13ClN4OS/c1-2-16(6-7-3-4-9(12)18-7)11(17)8-5-10(13)15-14-8/h3-5H,2,6H2,1H3,(H3,13,14,15). The maximum atomic E-state index is 12.2. The minimum atomic E-state index is -0.119. The van der Waals surface area contributed by atoms with Gasteiger partial charge in [-0.2, -0.15) is 5.10 Å². The average Bonchev–Trinajstić information content (AvgIpc) is 2.94. The van der Waals surface area contributed by atoms with Gasteiger partial charge < -0.3 is 10.6 Å². The monoisotopic (exact) mass is 284 g/mol. The van der Waals surface area contributed by atoms with E-state index in [1.54, 1.807) is 4.90 Å². The first-order chi connectivity index (χ1) is 8.60. The number of aromatic nitrogens is 2. The van der Waals surface area contributed by atoms with E-state index in [1.165, 1.54) is 17.4 Å². The Morgan fingerprint density at radius 3 is 2.89 bits per heavy atom. The van der Waals surface area contributed by atoms with Crippen LogP contribution in [0.2, 0.25) is 4.34 Å². The van der Waals surface area contributed by atoms with Crippen LogP contribution in [0.15, 0.2) is 18.2 Å². The number of aromatic amines is 1. The van der Waals surface area contributed by atoms with E-state index in [-0.39, 0.29) is 5.91 Å². The molecule has 0 aliphatic heterocycles. The maximum absolute atomic E-state index is 12.2. The van der Waals surface area contributed by atoms with Crippen molar-refractivity contribution in [2.45, 2.75) is 13.5 Å². The van der Waals surface area contributed by atoms with Crippen LogP contribution in [0, 0.1) is 0 Å². The molecule has 7 heteroatoms. The summed E-state index contributed by atoms with van der Waals surface area (Å²) in [6.45, 7) is 3.06. The molecule has 18 heavy (non-hydrogen) atoms. The molecule has 0 bridgehead atoms. The lowest BCUT2D eigenvalue weighted by Gasteiger charge is -2.18. The van der Waals surface area contributed by atoms with Crippen molar-refractivity contribution < 1.29 is 4.79 Å². The van der Waals surface area contributed by atoms with Crippen LogP contribution in [-0.2, 0) is 6.54 Å². The number of carbonyl (C=O) groups excluding carboxylic acids is 1. The van der Waals surface area contributed by atoms with E-state index in [0.717, 1.165) is 9.21 Å². The van der Waals surface area contributed by atoms with Crippen LogP contribution >= 0.6 is 22.9 Å². The van der Waals surface area contributed by atoms with Crippen molar-refractivity contribution in [3.05, 3.63) is 33.1 Å². The topological polar surface area (TPSA) is 75.0 Å². The highest BCUT2D eigenvalue weighted by atomic mass is 35.5. The Morgan fingerprint density at radius 2 is 2.39 bits per heavy atom. The summed E-state index contributed by atoms with van der Waals surface area (Å²) in [6.07, 6.45) is 0. The SMILES string of the molecule is CCN(Cc1ccc(Cl)s1)C(=O)c1cc(N)n[nH]1. The summed E-state index contributed by atoms with van der Waals surface area (Å²) in [6, 6.07) is 5.28. The van der Waals surface area contributed by atoms with E-state index in [4.69, 9.17) is 17.3 Å². The van der Waals surface area contributed by atoms with Crippen LogP contribution in [-0.4, -0.2) is 27.5 Å². The van der Waals surface area contributed by atoms with Gasteiger partial charge in [0.1, 0.15) is 11.5 Å². The summed E-state index contributed by atoms with van der Waals surface area (Å²) >= 11 is 7.34. The number of nitrogen functional groups attached to an aromatic ring is 1. The Balaban J connectivity index is 2.11. The van der Waals surface area contributed by atoms with Gasteiger partial charge in [0.15, 0.2) is 0 Å². The van der Waals surface area contributed by atoms with Crippen molar-refractivity contribution in [1.82, 2.24) is 15.1 Å². The second-order valence-electron chi connectivity index (χ2n) is 3.73. The molecule has 0 atom stereocenters. The van der Waals surface area contributed by atoms with Gasteiger partial charge in [-0.05, 0) is 19.1 Å². The molecule has 0 fully saturated rings. The minimum Gasteiger partial charge on any atom is -0.382 e. The van der Waals surface area contributed by atoms with Gasteiger partial charge in [-0.3, -0.25) is 9.89 Å². The van der Waals surface area contributed by atoms with Crippen LogP contribution in [0.3, 0.4) is 0 Å².